The molecule has 1 aliphatic heterocycles. The first-order chi connectivity index (χ1) is 12.2. The zero-order valence-electron chi connectivity index (χ0n) is 14.2. The highest BCUT2D eigenvalue weighted by atomic mass is 79.9. The Morgan fingerprint density at radius 2 is 1.96 bits per heavy atom. The van der Waals surface area contributed by atoms with Crippen molar-refractivity contribution in [1.82, 2.24) is 14.3 Å². The van der Waals surface area contributed by atoms with Crippen LogP contribution in [0.4, 0.5) is 10.8 Å². The number of fused-ring (bicyclic) bond motifs is 1. The summed E-state index contributed by atoms with van der Waals surface area (Å²) in [7, 11) is 0. The van der Waals surface area contributed by atoms with Gasteiger partial charge in [-0.1, -0.05) is 22.9 Å². The fourth-order valence-electron chi connectivity index (χ4n) is 3.25. The highest BCUT2D eigenvalue weighted by Gasteiger charge is 2.19. The van der Waals surface area contributed by atoms with E-state index in [1.54, 1.807) is 0 Å². The minimum absolute atomic E-state index is 0.898. The Kier molecular flexibility index (Phi) is 4.85. The Balaban J connectivity index is 1.57. The number of halogens is 1. The highest BCUT2D eigenvalue weighted by molar-refractivity contribution is 9.10. The molecule has 0 amide bonds. The van der Waals surface area contributed by atoms with Crippen LogP contribution in [0.2, 0.25) is 0 Å². The van der Waals surface area contributed by atoms with Gasteiger partial charge in [0.05, 0.1) is 5.52 Å². The lowest BCUT2D eigenvalue weighted by Gasteiger charge is -2.24. The molecule has 1 saturated heterocycles. The van der Waals surface area contributed by atoms with Gasteiger partial charge in [0.2, 0.25) is 5.13 Å². The van der Waals surface area contributed by atoms with E-state index in [0.29, 0.717) is 0 Å². The normalized spacial score (nSPS) is 15.6. The Morgan fingerprint density at radius 1 is 1.12 bits per heavy atom. The lowest BCUT2D eigenvalue weighted by molar-refractivity contribution is 0.802. The molecular weight excluding hydrogens is 398 g/mol. The van der Waals surface area contributed by atoms with Crippen LogP contribution >= 0.6 is 27.5 Å². The first-order valence-electron chi connectivity index (χ1n) is 8.61. The van der Waals surface area contributed by atoms with Gasteiger partial charge in [-0.3, -0.25) is 4.98 Å². The molecule has 0 radical (unpaired) electrons. The second-order valence-electron chi connectivity index (χ2n) is 6.17. The largest absolute Gasteiger partial charge is 0.369 e. The van der Waals surface area contributed by atoms with E-state index in [0.717, 1.165) is 60.0 Å². The van der Waals surface area contributed by atoms with Gasteiger partial charge in [0.15, 0.2) is 0 Å². The van der Waals surface area contributed by atoms with Crippen molar-refractivity contribution in [3.63, 3.8) is 0 Å². The molecule has 2 aromatic heterocycles. The SMILES string of the molecule is CCc1nsc(N2CCCN(c3ccnc4cc(Br)ccc34)CC2)n1. The van der Waals surface area contributed by atoms with Crippen LogP contribution in [0.3, 0.4) is 0 Å². The second kappa shape index (κ2) is 7.25. The summed E-state index contributed by atoms with van der Waals surface area (Å²) in [5, 5.41) is 2.27. The Bertz CT molecular complexity index is 881. The smallest absolute Gasteiger partial charge is 0.205 e. The number of hydrogen-bond donors (Lipinski definition) is 0. The van der Waals surface area contributed by atoms with Gasteiger partial charge in [-0.05, 0) is 30.7 Å². The number of benzene rings is 1. The highest BCUT2D eigenvalue weighted by Crippen LogP contribution is 2.29. The molecule has 0 aliphatic carbocycles. The molecule has 5 nitrogen and oxygen atoms in total. The fraction of sp³-hybridized carbons (Fsp3) is 0.389. The van der Waals surface area contributed by atoms with Gasteiger partial charge in [0.25, 0.3) is 0 Å². The number of anilines is 2. The first-order valence-corrected chi connectivity index (χ1v) is 10.2. The number of pyridine rings is 1. The maximum absolute atomic E-state index is 4.65. The van der Waals surface area contributed by atoms with Crippen LogP contribution in [-0.4, -0.2) is 40.5 Å². The summed E-state index contributed by atoms with van der Waals surface area (Å²) in [5.74, 6) is 0.951. The van der Waals surface area contributed by atoms with Gasteiger partial charge >= 0.3 is 0 Å². The predicted molar refractivity (Wildman–Crippen MR) is 108 cm³/mol. The average Bonchev–Trinajstić information content (AvgIpc) is 2.98. The van der Waals surface area contributed by atoms with E-state index in [2.05, 4.69) is 71.3 Å². The lowest BCUT2D eigenvalue weighted by atomic mass is 10.1. The minimum atomic E-state index is 0.898. The molecule has 25 heavy (non-hydrogen) atoms. The van der Waals surface area contributed by atoms with E-state index in [9.17, 15) is 0 Å². The molecule has 3 heterocycles. The number of nitrogens with zero attached hydrogens (tertiary/aromatic N) is 5. The Morgan fingerprint density at radius 3 is 2.80 bits per heavy atom. The van der Waals surface area contributed by atoms with Gasteiger partial charge in [-0.25, -0.2) is 4.98 Å². The van der Waals surface area contributed by atoms with Crippen molar-refractivity contribution < 1.29 is 0 Å². The number of aryl methyl sites for hydroxylation is 1. The van der Waals surface area contributed by atoms with Crippen LogP contribution in [-0.2, 0) is 6.42 Å². The van der Waals surface area contributed by atoms with Crippen LogP contribution in [0.1, 0.15) is 19.2 Å². The van der Waals surface area contributed by atoms with Gasteiger partial charge in [0.1, 0.15) is 5.82 Å². The van der Waals surface area contributed by atoms with Crippen molar-refractivity contribution in [2.24, 2.45) is 0 Å². The monoisotopic (exact) mass is 417 g/mol. The number of rotatable bonds is 3. The zero-order valence-corrected chi connectivity index (χ0v) is 16.6. The maximum atomic E-state index is 4.65. The van der Waals surface area contributed by atoms with Crippen molar-refractivity contribution in [1.29, 1.82) is 0 Å². The molecule has 0 saturated carbocycles. The molecule has 130 valence electrons. The van der Waals surface area contributed by atoms with E-state index in [1.807, 2.05) is 6.20 Å². The molecular formula is C18H20BrN5S. The third-order valence-electron chi connectivity index (χ3n) is 4.56. The molecule has 0 N–H and O–H groups in total. The van der Waals surface area contributed by atoms with Crippen molar-refractivity contribution in [2.75, 3.05) is 36.0 Å². The van der Waals surface area contributed by atoms with Crippen molar-refractivity contribution in [2.45, 2.75) is 19.8 Å². The topological polar surface area (TPSA) is 45.2 Å². The quantitative estimate of drug-likeness (QED) is 0.640. The molecule has 0 spiro atoms. The van der Waals surface area contributed by atoms with Crippen molar-refractivity contribution in [3.8, 4) is 0 Å². The maximum Gasteiger partial charge on any atom is 0.205 e. The molecule has 1 fully saturated rings. The standard InChI is InChI=1S/C18H20BrN5S/c1-2-17-21-18(25-22-17)24-9-3-8-23(10-11-24)16-6-7-20-15-12-13(19)4-5-14(15)16/h4-7,12H,2-3,8-11H2,1H3. The van der Waals surface area contributed by atoms with Gasteiger partial charge in [0, 0.05) is 65.9 Å². The van der Waals surface area contributed by atoms with E-state index in [4.69, 9.17) is 0 Å². The van der Waals surface area contributed by atoms with E-state index < -0.39 is 0 Å². The summed E-state index contributed by atoms with van der Waals surface area (Å²) in [5.41, 5.74) is 2.30. The van der Waals surface area contributed by atoms with Gasteiger partial charge in [-0.2, -0.15) is 4.37 Å². The van der Waals surface area contributed by atoms with Gasteiger partial charge in [-0.15, -0.1) is 0 Å². The molecule has 1 aromatic carbocycles. The van der Waals surface area contributed by atoms with E-state index >= 15 is 0 Å². The summed E-state index contributed by atoms with van der Waals surface area (Å²) >= 11 is 5.06. The Labute approximate surface area is 160 Å². The molecule has 4 rings (SSSR count). The lowest BCUT2D eigenvalue weighted by Crippen LogP contribution is -2.30. The number of hydrogen-bond acceptors (Lipinski definition) is 6. The van der Waals surface area contributed by atoms with Crippen LogP contribution in [0.25, 0.3) is 10.9 Å². The summed E-state index contributed by atoms with van der Waals surface area (Å²) in [6.07, 6.45) is 3.92. The summed E-state index contributed by atoms with van der Waals surface area (Å²) in [4.78, 5) is 14.0. The molecule has 3 aromatic rings. The van der Waals surface area contributed by atoms with E-state index in [-0.39, 0.29) is 0 Å². The van der Waals surface area contributed by atoms with Crippen LogP contribution in [0.15, 0.2) is 34.9 Å². The minimum Gasteiger partial charge on any atom is -0.369 e. The van der Waals surface area contributed by atoms with Crippen LogP contribution in [0, 0.1) is 0 Å². The van der Waals surface area contributed by atoms with Crippen LogP contribution < -0.4 is 9.80 Å². The van der Waals surface area contributed by atoms with Gasteiger partial charge < -0.3 is 9.80 Å². The zero-order chi connectivity index (χ0) is 17.2. The molecule has 7 heteroatoms. The number of aromatic nitrogens is 3. The van der Waals surface area contributed by atoms with Crippen molar-refractivity contribution >= 4 is 49.2 Å². The third kappa shape index (κ3) is 3.48. The van der Waals surface area contributed by atoms with Crippen LogP contribution in [0.5, 0.6) is 0 Å². The Hall–Kier alpha value is -1.73. The predicted octanol–water partition coefficient (Wildman–Crippen LogP) is 4.13. The molecule has 1 aliphatic rings. The molecule has 0 atom stereocenters. The second-order valence-corrected chi connectivity index (χ2v) is 7.81. The fourth-order valence-corrected chi connectivity index (χ4v) is 4.40. The summed E-state index contributed by atoms with van der Waals surface area (Å²) in [6, 6.07) is 8.45. The summed E-state index contributed by atoms with van der Waals surface area (Å²) < 4.78 is 5.49. The van der Waals surface area contributed by atoms with E-state index in [1.165, 1.54) is 22.6 Å². The molecule has 0 bridgehead atoms. The molecule has 0 unspecified atom stereocenters. The summed E-state index contributed by atoms with van der Waals surface area (Å²) in [6.45, 7) is 6.13. The third-order valence-corrected chi connectivity index (χ3v) is 5.87. The first kappa shape index (κ1) is 16.7. The van der Waals surface area contributed by atoms with Crippen molar-refractivity contribution in [3.05, 3.63) is 40.8 Å². The average molecular weight is 418 g/mol.